The van der Waals surface area contributed by atoms with Gasteiger partial charge in [0, 0.05) is 20.2 Å². The molecule has 0 heterocycles. The Morgan fingerprint density at radius 3 is 2.48 bits per heavy atom. The van der Waals surface area contributed by atoms with E-state index < -0.39 is 0 Å². The first-order valence-corrected chi connectivity index (χ1v) is 8.61. The minimum Gasteiger partial charge on any atom is -0.493 e. The summed E-state index contributed by atoms with van der Waals surface area (Å²) in [6.07, 6.45) is 0.351. The Kier molecular flexibility index (Phi) is 7.48. The molecular weight excluding hydrogens is 314 g/mol. The predicted octanol–water partition coefficient (Wildman–Crippen LogP) is 3.75. The van der Waals surface area contributed by atoms with Crippen molar-refractivity contribution in [2.75, 3.05) is 26.9 Å². The molecule has 4 heteroatoms. The third kappa shape index (κ3) is 5.91. The van der Waals surface area contributed by atoms with Gasteiger partial charge in [0.25, 0.3) is 0 Å². The quantitative estimate of drug-likeness (QED) is 0.697. The Labute approximate surface area is 150 Å². The highest BCUT2D eigenvalue weighted by atomic mass is 16.5. The van der Waals surface area contributed by atoms with Crippen LogP contribution >= 0.6 is 0 Å². The third-order valence-electron chi connectivity index (χ3n) is 4.26. The molecule has 0 radical (unpaired) electrons. The molecule has 0 saturated carbocycles. The van der Waals surface area contributed by atoms with Crippen LogP contribution < -0.4 is 4.74 Å². The Balaban J connectivity index is 1.91. The van der Waals surface area contributed by atoms with E-state index in [2.05, 4.69) is 13.0 Å². The van der Waals surface area contributed by atoms with Gasteiger partial charge in [-0.25, -0.2) is 0 Å². The summed E-state index contributed by atoms with van der Waals surface area (Å²) in [4.78, 5) is 14.4. The zero-order chi connectivity index (χ0) is 18.1. The van der Waals surface area contributed by atoms with E-state index in [0.717, 1.165) is 16.9 Å². The molecular formula is C21H27NO3. The van der Waals surface area contributed by atoms with E-state index in [1.807, 2.05) is 54.3 Å². The summed E-state index contributed by atoms with van der Waals surface area (Å²) < 4.78 is 11.0. The van der Waals surface area contributed by atoms with Crippen molar-refractivity contribution in [3.05, 3.63) is 65.2 Å². The van der Waals surface area contributed by atoms with Gasteiger partial charge >= 0.3 is 0 Å². The number of rotatable bonds is 9. The van der Waals surface area contributed by atoms with Crippen LogP contribution in [0, 0.1) is 13.8 Å². The molecule has 25 heavy (non-hydrogen) atoms. The normalized spacial score (nSPS) is 10.5. The van der Waals surface area contributed by atoms with E-state index in [-0.39, 0.29) is 5.91 Å². The summed E-state index contributed by atoms with van der Waals surface area (Å²) in [6, 6.07) is 16.0. The summed E-state index contributed by atoms with van der Waals surface area (Å²) in [5.41, 5.74) is 3.42. The topological polar surface area (TPSA) is 38.8 Å². The molecule has 0 saturated heterocycles. The van der Waals surface area contributed by atoms with Crippen LogP contribution in [0.4, 0.5) is 0 Å². The Morgan fingerprint density at radius 2 is 1.76 bits per heavy atom. The second-order valence-corrected chi connectivity index (χ2v) is 6.09. The number of amides is 1. The molecule has 0 spiro atoms. The minimum absolute atomic E-state index is 0.0752. The molecule has 4 nitrogen and oxygen atoms in total. The Bertz CT molecular complexity index is 670. The van der Waals surface area contributed by atoms with Crippen molar-refractivity contribution in [2.24, 2.45) is 0 Å². The smallest absolute Gasteiger partial charge is 0.226 e. The zero-order valence-corrected chi connectivity index (χ0v) is 15.3. The van der Waals surface area contributed by atoms with Gasteiger partial charge in [-0.15, -0.1) is 0 Å². The number of benzene rings is 2. The molecule has 0 fully saturated rings. The lowest BCUT2D eigenvalue weighted by molar-refractivity contribution is -0.133. The maximum Gasteiger partial charge on any atom is 0.226 e. The van der Waals surface area contributed by atoms with Gasteiger partial charge in [0.05, 0.1) is 19.6 Å². The number of carbonyl (C=O) groups is 1. The first kappa shape index (κ1) is 19.0. The summed E-state index contributed by atoms with van der Waals surface area (Å²) in [5, 5.41) is 0. The lowest BCUT2D eigenvalue weighted by atomic mass is 10.1. The molecule has 2 aromatic rings. The molecule has 0 aliphatic heterocycles. The van der Waals surface area contributed by atoms with Gasteiger partial charge < -0.3 is 14.4 Å². The van der Waals surface area contributed by atoms with Crippen LogP contribution in [-0.2, 0) is 16.1 Å². The minimum atomic E-state index is 0.0752. The van der Waals surface area contributed by atoms with Gasteiger partial charge in [-0.05, 0) is 36.6 Å². The van der Waals surface area contributed by atoms with E-state index >= 15 is 0 Å². The number of hydrogen-bond donors (Lipinski definition) is 0. The number of nitrogens with zero attached hydrogens (tertiary/aromatic N) is 1. The van der Waals surface area contributed by atoms with Crippen LogP contribution in [0.1, 0.15) is 23.1 Å². The fourth-order valence-corrected chi connectivity index (χ4v) is 2.58. The van der Waals surface area contributed by atoms with Crippen LogP contribution in [0.2, 0.25) is 0 Å². The zero-order valence-electron chi connectivity index (χ0n) is 15.3. The standard InChI is InChI=1S/C21H27NO3/c1-17-8-7-11-20(18(17)2)25-14-12-21(23)22(13-15-24-3)16-19-9-5-4-6-10-19/h4-11H,12-16H2,1-3H3. The molecule has 0 atom stereocenters. The number of carbonyl (C=O) groups excluding carboxylic acids is 1. The van der Waals surface area contributed by atoms with Crippen molar-refractivity contribution in [2.45, 2.75) is 26.8 Å². The lowest BCUT2D eigenvalue weighted by Crippen LogP contribution is -2.34. The largest absolute Gasteiger partial charge is 0.493 e. The third-order valence-corrected chi connectivity index (χ3v) is 4.26. The summed E-state index contributed by atoms with van der Waals surface area (Å²) in [5.74, 6) is 0.922. The molecule has 1 amide bonds. The first-order chi connectivity index (χ1) is 12.1. The molecule has 0 aromatic heterocycles. The highest BCUT2D eigenvalue weighted by Gasteiger charge is 2.14. The van der Waals surface area contributed by atoms with Gasteiger partial charge in [-0.1, -0.05) is 42.5 Å². The summed E-state index contributed by atoms with van der Waals surface area (Å²) in [7, 11) is 1.65. The van der Waals surface area contributed by atoms with Crippen molar-refractivity contribution < 1.29 is 14.3 Å². The maximum atomic E-state index is 12.6. The van der Waals surface area contributed by atoms with Crippen molar-refractivity contribution in [3.63, 3.8) is 0 Å². The average Bonchev–Trinajstić information content (AvgIpc) is 2.63. The molecule has 134 valence electrons. The molecule has 0 N–H and O–H groups in total. The van der Waals surface area contributed by atoms with Crippen LogP contribution in [0.5, 0.6) is 5.75 Å². The van der Waals surface area contributed by atoms with Crippen LogP contribution in [-0.4, -0.2) is 37.7 Å². The molecule has 0 aliphatic rings. The Morgan fingerprint density at radius 1 is 1.00 bits per heavy atom. The van der Waals surface area contributed by atoms with Crippen molar-refractivity contribution >= 4 is 5.91 Å². The fourth-order valence-electron chi connectivity index (χ4n) is 2.58. The average molecular weight is 341 g/mol. The van der Waals surface area contributed by atoms with Crippen LogP contribution in [0.3, 0.4) is 0 Å². The van der Waals surface area contributed by atoms with Crippen LogP contribution in [0.25, 0.3) is 0 Å². The number of methoxy groups -OCH3 is 1. The molecule has 2 aromatic carbocycles. The summed E-state index contributed by atoms with van der Waals surface area (Å²) >= 11 is 0. The molecule has 0 aliphatic carbocycles. The van der Waals surface area contributed by atoms with E-state index in [0.29, 0.717) is 32.7 Å². The Hall–Kier alpha value is -2.33. The number of aryl methyl sites for hydroxylation is 1. The lowest BCUT2D eigenvalue weighted by Gasteiger charge is -2.23. The van der Waals surface area contributed by atoms with E-state index in [9.17, 15) is 4.79 Å². The van der Waals surface area contributed by atoms with Crippen molar-refractivity contribution in [3.8, 4) is 5.75 Å². The van der Waals surface area contributed by atoms with Gasteiger partial charge in [-0.3, -0.25) is 4.79 Å². The van der Waals surface area contributed by atoms with Gasteiger partial charge in [0.1, 0.15) is 5.75 Å². The van der Waals surface area contributed by atoms with Gasteiger partial charge in [-0.2, -0.15) is 0 Å². The monoisotopic (exact) mass is 341 g/mol. The van der Waals surface area contributed by atoms with Crippen molar-refractivity contribution in [1.82, 2.24) is 4.90 Å². The molecule has 0 bridgehead atoms. The number of ether oxygens (including phenoxy) is 2. The van der Waals surface area contributed by atoms with E-state index in [1.165, 1.54) is 5.56 Å². The van der Waals surface area contributed by atoms with Crippen LogP contribution in [0.15, 0.2) is 48.5 Å². The molecule has 2 rings (SSSR count). The first-order valence-electron chi connectivity index (χ1n) is 8.61. The second-order valence-electron chi connectivity index (χ2n) is 6.09. The number of hydrogen-bond acceptors (Lipinski definition) is 3. The SMILES string of the molecule is COCCN(Cc1ccccc1)C(=O)CCOc1cccc(C)c1C. The van der Waals surface area contributed by atoms with E-state index in [4.69, 9.17) is 9.47 Å². The maximum absolute atomic E-state index is 12.6. The molecule has 0 unspecified atom stereocenters. The fraction of sp³-hybridized carbons (Fsp3) is 0.381. The summed E-state index contributed by atoms with van der Waals surface area (Å²) in [6.45, 7) is 6.16. The predicted molar refractivity (Wildman–Crippen MR) is 99.8 cm³/mol. The van der Waals surface area contributed by atoms with Crippen molar-refractivity contribution in [1.29, 1.82) is 0 Å². The van der Waals surface area contributed by atoms with Gasteiger partial charge in [0.2, 0.25) is 5.91 Å². The highest BCUT2D eigenvalue weighted by molar-refractivity contribution is 5.76. The second kappa shape index (κ2) is 9.84. The van der Waals surface area contributed by atoms with Gasteiger partial charge in [0.15, 0.2) is 0 Å². The van der Waals surface area contributed by atoms with E-state index in [1.54, 1.807) is 7.11 Å². The highest BCUT2D eigenvalue weighted by Crippen LogP contribution is 2.20.